The van der Waals surface area contributed by atoms with Crippen LogP contribution in [0.4, 0.5) is 18.9 Å². The second-order valence-corrected chi connectivity index (χ2v) is 8.74. The van der Waals surface area contributed by atoms with E-state index in [1.54, 1.807) is 41.9 Å². The summed E-state index contributed by atoms with van der Waals surface area (Å²) in [5, 5.41) is 12.7. The summed E-state index contributed by atoms with van der Waals surface area (Å²) in [6.45, 7) is 0.299. The Morgan fingerprint density at radius 2 is 2.07 bits per heavy atom. The molecular weight excluding hydrogens is 437 g/mol. The molecule has 1 aliphatic heterocycles. The Bertz CT molecular complexity index is 1060. The highest BCUT2D eigenvalue weighted by atomic mass is 32.2. The van der Waals surface area contributed by atoms with Gasteiger partial charge in [0, 0.05) is 22.4 Å². The summed E-state index contributed by atoms with van der Waals surface area (Å²) in [4.78, 5) is 4.24. The quantitative estimate of drug-likeness (QED) is 0.587. The number of benzene rings is 2. The van der Waals surface area contributed by atoms with Gasteiger partial charge in [0.15, 0.2) is 0 Å². The molecule has 0 amide bonds. The first-order valence-corrected chi connectivity index (χ1v) is 11.1. The molecule has 30 heavy (non-hydrogen) atoms. The maximum Gasteiger partial charge on any atom is 0.490 e. The Hall–Kier alpha value is -2.43. The van der Waals surface area contributed by atoms with Gasteiger partial charge in [0.25, 0.3) is 0 Å². The molecule has 0 saturated carbocycles. The van der Waals surface area contributed by atoms with Crippen LogP contribution in [-0.2, 0) is 17.4 Å². The minimum atomic E-state index is -4.87. The number of aliphatic hydroxyl groups is 1. The van der Waals surface area contributed by atoms with E-state index in [1.807, 2.05) is 10.1 Å². The number of alkyl halides is 3. The van der Waals surface area contributed by atoms with Crippen LogP contribution in [0.3, 0.4) is 0 Å². The molecule has 2 aromatic carbocycles. The molecule has 3 atom stereocenters. The first-order chi connectivity index (χ1) is 14.3. The number of anilines is 1. The van der Waals surface area contributed by atoms with Gasteiger partial charge in [-0.3, -0.25) is 4.72 Å². The molecule has 3 unspecified atom stereocenters. The van der Waals surface area contributed by atoms with Crippen LogP contribution >= 0.6 is 11.3 Å². The lowest BCUT2D eigenvalue weighted by molar-refractivity contribution is -0.0379. The molecule has 5 nitrogen and oxygen atoms in total. The van der Waals surface area contributed by atoms with Crippen molar-refractivity contribution in [2.45, 2.75) is 18.0 Å². The van der Waals surface area contributed by atoms with Crippen LogP contribution in [0.2, 0.25) is 0 Å². The van der Waals surface area contributed by atoms with E-state index in [1.165, 1.54) is 17.4 Å². The van der Waals surface area contributed by atoms with Crippen LogP contribution in [0.25, 0.3) is 11.1 Å². The Balaban J connectivity index is 1.59. The minimum absolute atomic E-state index is 0.0888. The maximum atomic E-state index is 12.7. The van der Waals surface area contributed by atoms with Crippen LogP contribution in [0.1, 0.15) is 17.4 Å². The zero-order valence-electron chi connectivity index (χ0n) is 15.4. The summed E-state index contributed by atoms with van der Waals surface area (Å²) in [6, 6.07) is 11.4. The summed E-state index contributed by atoms with van der Waals surface area (Å²) in [7, 11) is -3.23. The van der Waals surface area contributed by atoms with Crippen molar-refractivity contribution in [2.24, 2.45) is 5.92 Å². The molecule has 0 saturated heterocycles. The number of aromatic nitrogens is 1. The molecule has 0 fully saturated rings. The number of aliphatic hydroxyl groups excluding tert-OH is 1. The van der Waals surface area contributed by atoms with Crippen LogP contribution in [0, 0.1) is 5.92 Å². The SMILES string of the molecule is O=S(Nc1ccccc1-c1ccc2c(c1)OCC(Cc1cscn1)C2O)C(F)(F)F. The highest BCUT2D eigenvalue weighted by molar-refractivity contribution is 7.87. The van der Waals surface area contributed by atoms with Crippen LogP contribution in [0.15, 0.2) is 53.4 Å². The zero-order chi connectivity index (χ0) is 21.3. The van der Waals surface area contributed by atoms with Crippen LogP contribution in [0.5, 0.6) is 5.75 Å². The van der Waals surface area contributed by atoms with E-state index < -0.39 is 22.6 Å². The maximum absolute atomic E-state index is 12.7. The largest absolute Gasteiger partial charge is 0.493 e. The fourth-order valence-electron chi connectivity index (χ4n) is 3.37. The fourth-order valence-corrected chi connectivity index (χ4v) is 4.44. The molecule has 2 heterocycles. The van der Waals surface area contributed by atoms with E-state index in [-0.39, 0.29) is 11.6 Å². The average molecular weight is 454 g/mol. The molecule has 4 rings (SSSR count). The molecule has 158 valence electrons. The average Bonchev–Trinajstić information content (AvgIpc) is 3.23. The van der Waals surface area contributed by atoms with E-state index >= 15 is 0 Å². The third-order valence-electron chi connectivity index (χ3n) is 4.84. The van der Waals surface area contributed by atoms with E-state index in [0.717, 1.165) is 5.69 Å². The van der Waals surface area contributed by atoms with Gasteiger partial charge in [-0.1, -0.05) is 30.3 Å². The molecular formula is C20H17F3N2O3S2. The first-order valence-electron chi connectivity index (χ1n) is 8.99. The third-order valence-corrected chi connectivity index (χ3v) is 6.30. The predicted octanol–water partition coefficient (Wildman–Crippen LogP) is 4.69. The number of nitrogens with one attached hydrogen (secondary N) is 1. The molecule has 1 aromatic heterocycles. The smallest absolute Gasteiger partial charge is 0.490 e. The molecule has 0 bridgehead atoms. The third kappa shape index (κ3) is 4.35. The van der Waals surface area contributed by atoms with E-state index in [4.69, 9.17) is 4.74 Å². The number of halogens is 3. The van der Waals surface area contributed by atoms with Crippen molar-refractivity contribution in [3.8, 4) is 16.9 Å². The summed E-state index contributed by atoms with van der Waals surface area (Å²) in [5.41, 5.74) is -0.502. The van der Waals surface area contributed by atoms with Gasteiger partial charge >= 0.3 is 5.51 Å². The molecule has 3 aromatic rings. The molecule has 10 heteroatoms. The highest BCUT2D eigenvalue weighted by Gasteiger charge is 2.38. The number of fused-ring (bicyclic) bond motifs is 1. The molecule has 0 spiro atoms. The monoisotopic (exact) mass is 454 g/mol. The Kier molecular flexibility index (Phi) is 5.81. The van der Waals surface area contributed by atoms with Crippen molar-refractivity contribution in [2.75, 3.05) is 11.3 Å². The lowest BCUT2D eigenvalue weighted by Gasteiger charge is -2.30. The van der Waals surface area contributed by atoms with Crippen molar-refractivity contribution in [3.63, 3.8) is 0 Å². The van der Waals surface area contributed by atoms with Crippen LogP contribution < -0.4 is 9.46 Å². The second kappa shape index (κ2) is 8.37. The summed E-state index contributed by atoms with van der Waals surface area (Å²) in [6.07, 6.45) is -0.155. The van der Waals surface area contributed by atoms with Gasteiger partial charge < -0.3 is 9.84 Å². The van der Waals surface area contributed by atoms with Gasteiger partial charge in [0.2, 0.25) is 11.0 Å². The Morgan fingerprint density at radius 3 is 2.80 bits per heavy atom. The molecule has 0 radical (unpaired) electrons. The first kappa shape index (κ1) is 20.8. The highest BCUT2D eigenvalue weighted by Crippen LogP contribution is 2.40. The van der Waals surface area contributed by atoms with Gasteiger partial charge in [-0.2, -0.15) is 13.2 Å². The van der Waals surface area contributed by atoms with Gasteiger partial charge in [0.05, 0.1) is 29.6 Å². The fraction of sp³-hybridized carbons (Fsp3) is 0.250. The minimum Gasteiger partial charge on any atom is -0.493 e. The number of ether oxygens (including phenoxy) is 1. The van der Waals surface area contributed by atoms with E-state index in [0.29, 0.717) is 35.5 Å². The van der Waals surface area contributed by atoms with Gasteiger partial charge in [0.1, 0.15) is 5.75 Å². The van der Waals surface area contributed by atoms with Gasteiger partial charge in [-0.25, -0.2) is 9.19 Å². The van der Waals surface area contributed by atoms with Crippen molar-refractivity contribution < 1.29 is 27.2 Å². The summed E-state index contributed by atoms with van der Waals surface area (Å²) >= 11 is 1.49. The lowest BCUT2D eigenvalue weighted by Crippen LogP contribution is -2.27. The topological polar surface area (TPSA) is 71.5 Å². The van der Waals surface area contributed by atoms with Gasteiger partial charge in [-0.15, -0.1) is 11.3 Å². The number of nitrogens with zero attached hydrogens (tertiary/aromatic N) is 1. The standard InChI is InChI=1S/C20H17F3N2O3S2/c21-20(22,23)30(27)25-17-4-2-1-3-15(17)12-5-6-16-18(8-12)28-9-13(19(16)26)7-14-10-29-11-24-14/h1-6,8,10-11,13,19,25-26H,7,9H2. The number of rotatable bonds is 5. The molecule has 0 aliphatic carbocycles. The normalized spacial score (nSPS) is 19.6. The molecule has 2 N–H and O–H groups in total. The number of hydrogen-bond acceptors (Lipinski definition) is 5. The van der Waals surface area contributed by atoms with Crippen molar-refractivity contribution in [1.82, 2.24) is 4.98 Å². The predicted molar refractivity (Wildman–Crippen MR) is 109 cm³/mol. The number of thiazole rings is 1. The zero-order valence-corrected chi connectivity index (χ0v) is 17.1. The lowest BCUT2D eigenvalue weighted by atomic mass is 9.88. The van der Waals surface area contributed by atoms with Crippen molar-refractivity contribution >= 4 is 28.0 Å². The van der Waals surface area contributed by atoms with Gasteiger partial charge in [-0.05, 0) is 24.1 Å². The van der Waals surface area contributed by atoms with Crippen molar-refractivity contribution in [1.29, 1.82) is 0 Å². The second-order valence-electron chi connectivity index (χ2n) is 6.81. The summed E-state index contributed by atoms with van der Waals surface area (Å²) in [5.74, 6) is 0.329. The van der Waals surface area contributed by atoms with Crippen molar-refractivity contribution in [3.05, 3.63) is 64.6 Å². The summed E-state index contributed by atoms with van der Waals surface area (Å²) < 4.78 is 57.4. The Morgan fingerprint density at radius 1 is 1.27 bits per heavy atom. The number of para-hydroxylation sites is 1. The number of hydrogen-bond donors (Lipinski definition) is 2. The van der Waals surface area contributed by atoms with E-state index in [9.17, 15) is 22.5 Å². The van der Waals surface area contributed by atoms with E-state index in [2.05, 4.69) is 4.98 Å². The van der Waals surface area contributed by atoms with Crippen LogP contribution in [-0.4, -0.2) is 26.4 Å². The Labute approximate surface area is 177 Å². The molecule has 1 aliphatic rings.